The summed E-state index contributed by atoms with van der Waals surface area (Å²) in [6.45, 7) is 0. The zero-order valence-electron chi connectivity index (χ0n) is 11.0. The molecule has 1 aromatic carbocycles. The minimum Gasteiger partial charge on any atom is -0.297 e. The quantitative estimate of drug-likeness (QED) is 0.867. The molecule has 5 heteroatoms. The maximum atomic E-state index is 12.4. The standard InChI is InChI=1S/C16H12N2OS2/c17-15-13(16-18-9-10-20-16)14(19)12(21-15)8-4-7-11-5-2-1-3-6-11/h1-10,13,17H/b7-4+,12-8-,17-15?/t13-/m0/s1. The number of carbonyl (C=O) groups is 1. The molecule has 21 heavy (non-hydrogen) atoms. The molecule has 104 valence electrons. The number of carbonyl (C=O) groups excluding carboxylic acids is 1. The van der Waals surface area contributed by atoms with E-state index in [1.165, 1.54) is 23.1 Å². The number of thioether (sulfide) groups is 1. The monoisotopic (exact) mass is 312 g/mol. The van der Waals surface area contributed by atoms with Crippen molar-refractivity contribution in [1.82, 2.24) is 4.98 Å². The SMILES string of the molecule is N=C1S/C(=C\C=C\c2ccccc2)C(=O)[C@@H]1c1nccs1. The normalized spacial score (nSPS) is 20.8. The highest BCUT2D eigenvalue weighted by atomic mass is 32.2. The molecular formula is C16H12N2OS2. The molecule has 1 atom stereocenters. The highest BCUT2D eigenvalue weighted by Gasteiger charge is 2.37. The average molecular weight is 312 g/mol. The van der Waals surface area contributed by atoms with E-state index in [4.69, 9.17) is 5.41 Å². The van der Waals surface area contributed by atoms with Gasteiger partial charge in [-0.05, 0) is 11.6 Å². The van der Waals surface area contributed by atoms with E-state index in [2.05, 4.69) is 4.98 Å². The number of benzene rings is 1. The molecule has 2 heterocycles. The molecule has 1 fully saturated rings. The second-order valence-electron chi connectivity index (χ2n) is 4.43. The predicted molar refractivity (Wildman–Crippen MR) is 88.7 cm³/mol. The van der Waals surface area contributed by atoms with Crippen LogP contribution in [0.15, 0.2) is 59.0 Å². The van der Waals surface area contributed by atoms with E-state index in [0.29, 0.717) is 15.0 Å². The zero-order valence-corrected chi connectivity index (χ0v) is 12.7. The van der Waals surface area contributed by atoms with Gasteiger partial charge in [-0.15, -0.1) is 11.3 Å². The van der Waals surface area contributed by atoms with Crippen LogP contribution in [0.5, 0.6) is 0 Å². The second kappa shape index (κ2) is 6.20. The molecule has 0 saturated carbocycles. The maximum Gasteiger partial charge on any atom is 0.186 e. The van der Waals surface area contributed by atoms with Gasteiger partial charge >= 0.3 is 0 Å². The third kappa shape index (κ3) is 3.04. The van der Waals surface area contributed by atoms with Gasteiger partial charge in [-0.1, -0.05) is 54.2 Å². The molecule has 0 bridgehead atoms. The third-order valence-electron chi connectivity index (χ3n) is 3.02. The Bertz CT molecular complexity index is 718. The number of nitrogens with one attached hydrogen (secondary N) is 1. The van der Waals surface area contributed by atoms with Gasteiger partial charge in [0.05, 0.1) is 9.95 Å². The Morgan fingerprint density at radius 1 is 1.24 bits per heavy atom. The van der Waals surface area contributed by atoms with Gasteiger partial charge in [0.2, 0.25) is 0 Å². The molecule has 1 aromatic heterocycles. The summed E-state index contributed by atoms with van der Waals surface area (Å²) in [6, 6.07) is 9.90. The highest BCUT2D eigenvalue weighted by molar-refractivity contribution is 8.18. The van der Waals surface area contributed by atoms with Crippen molar-refractivity contribution in [1.29, 1.82) is 5.41 Å². The van der Waals surface area contributed by atoms with E-state index in [0.717, 1.165) is 5.56 Å². The smallest absolute Gasteiger partial charge is 0.186 e. The van der Waals surface area contributed by atoms with Crippen LogP contribution in [0.4, 0.5) is 0 Å². The van der Waals surface area contributed by atoms with Crippen molar-refractivity contribution < 1.29 is 4.79 Å². The molecule has 1 aliphatic rings. The van der Waals surface area contributed by atoms with Gasteiger partial charge in [0.1, 0.15) is 10.9 Å². The fourth-order valence-corrected chi connectivity index (χ4v) is 3.77. The van der Waals surface area contributed by atoms with Gasteiger partial charge in [-0.3, -0.25) is 10.2 Å². The molecular weight excluding hydrogens is 300 g/mol. The van der Waals surface area contributed by atoms with Crippen molar-refractivity contribution in [3.05, 3.63) is 69.5 Å². The van der Waals surface area contributed by atoms with Crippen molar-refractivity contribution in [3.8, 4) is 0 Å². The van der Waals surface area contributed by atoms with Crippen molar-refractivity contribution in [2.24, 2.45) is 0 Å². The Hall–Kier alpha value is -1.98. The number of nitrogens with zero attached hydrogens (tertiary/aromatic N) is 1. The van der Waals surface area contributed by atoms with Crippen molar-refractivity contribution in [3.63, 3.8) is 0 Å². The van der Waals surface area contributed by atoms with Gasteiger partial charge in [-0.2, -0.15) is 0 Å². The van der Waals surface area contributed by atoms with Crippen LogP contribution in [0.2, 0.25) is 0 Å². The van der Waals surface area contributed by atoms with Crippen LogP contribution in [0.25, 0.3) is 6.08 Å². The molecule has 0 radical (unpaired) electrons. The Morgan fingerprint density at radius 2 is 2.05 bits per heavy atom. The van der Waals surface area contributed by atoms with E-state index in [-0.39, 0.29) is 5.78 Å². The Balaban J connectivity index is 1.78. The van der Waals surface area contributed by atoms with E-state index >= 15 is 0 Å². The summed E-state index contributed by atoms with van der Waals surface area (Å²) in [5.74, 6) is -0.538. The number of aromatic nitrogens is 1. The Kier molecular flexibility index (Phi) is 4.13. The largest absolute Gasteiger partial charge is 0.297 e. The number of ketones is 1. The zero-order chi connectivity index (χ0) is 14.7. The van der Waals surface area contributed by atoms with Crippen molar-refractivity contribution in [2.75, 3.05) is 0 Å². The number of hydrogen-bond acceptors (Lipinski definition) is 5. The summed E-state index contributed by atoms with van der Waals surface area (Å²) in [5.41, 5.74) is 1.08. The minimum absolute atomic E-state index is 0.0299. The van der Waals surface area contributed by atoms with Crippen molar-refractivity contribution >= 4 is 40.0 Å². The van der Waals surface area contributed by atoms with Crippen LogP contribution in [0, 0.1) is 5.41 Å². The summed E-state index contributed by atoms with van der Waals surface area (Å²) in [6.07, 6.45) is 7.25. The third-order valence-corrected chi connectivity index (χ3v) is 4.87. The average Bonchev–Trinajstić information content (AvgIpc) is 3.09. The first kappa shape index (κ1) is 14.0. The number of thiazole rings is 1. The van der Waals surface area contributed by atoms with Gasteiger partial charge in [0, 0.05) is 11.6 Å². The summed E-state index contributed by atoms with van der Waals surface area (Å²) < 4.78 is 0. The number of rotatable bonds is 3. The summed E-state index contributed by atoms with van der Waals surface area (Å²) in [5, 5.41) is 10.9. The lowest BCUT2D eigenvalue weighted by Crippen LogP contribution is -2.11. The second-order valence-corrected chi connectivity index (χ2v) is 6.44. The predicted octanol–water partition coefficient (Wildman–Crippen LogP) is 4.12. The molecule has 1 aliphatic heterocycles. The van der Waals surface area contributed by atoms with Crippen molar-refractivity contribution in [2.45, 2.75) is 5.92 Å². The van der Waals surface area contributed by atoms with Crippen LogP contribution >= 0.6 is 23.1 Å². The topological polar surface area (TPSA) is 53.8 Å². The lowest BCUT2D eigenvalue weighted by Gasteiger charge is -2.00. The Morgan fingerprint density at radius 3 is 2.76 bits per heavy atom. The van der Waals surface area contributed by atoms with Crippen LogP contribution in [-0.2, 0) is 4.79 Å². The van der Waals surface area contributed by atoms with Gasteiger partial charge in [0.25, 0.3) is 0 Å². The van der Waals surface area contributed by atoms with Gasteiger partial charge in [-0.25, -0.2) is 4.98 Å². The number of Topliss-reactive ketones (excluding diaryl/α,β-unsaturated/α-hetero) is 1. The lowest BCUT2D eigenvalue weighted by atomic mass is 10.1. The summed E-state index contributed by atoms with van der Waals surface area (Å²) in [7, 11) is 0. The maximum absolute atomic E-state index is 12.4. The molecule has 0 spiro atoms. The molecule has 1 N–H and O–H groups in total. The molecule has 0 aliphatic carbocycles. The Labute approximate surface area is 130 Å². The molecule has 0 amide bonds. The van der Waals surface area contributed by atoms with E-state index in [9.17, 15) is 4.79 Å². The number of allylic oxidation sites excluding steroid dienone is 3. The fourth-order valence-electron chi connectivity index (χ4n) is 2.02. The highest BCUT2D eigenvalue weighted by Crippen LogP contribution is 2.40. The van der Waals surface area contributed by atoms with Crippen LogP contribution in [0.3, 0.4) is 0 Å². The molecule has 3 rings (SSSR count). The molecule has 1 saturated heterocycles. The fraction of sp³-hybridized carbons (Fsp3) is 0.0625. The summed E-state index contributed by atoms with van der Waals surface area (Å²) in [4.78, 5) is 17.1. The molecule has 2 aromatic rings. The summed E-state index contributed by atoms with van der Waals surface area (Å²) >= 11 is 2.64. The first-order chi connectivity index (χ1) is 10.3. The van der Waals surface area contributed by atoms with E-state index in [1.54, 1.807) is 12.3 Å². The molecule has 3 nitrogen and oxygen atoms in total. The van der Waals surface area contributed by atoms with Crippen LogP contribution in [-0.4, -0.2) is 15.8 Å². The van der Waals surface area contributed by atoms with Gasteiger partial charge < -0.3 is 0 Å². The van der Waals surface area contributed by atoms with Gasteiger partial charge in [0.15, 0.2) is 5.78 Å². The van der Waals surface area contributed by atoms with Crippen LogP contribution in [0.1, 0.15) is 16.5 Å². The van der Waals surface area contributed by atoms with Crippen LogP contribution < -0.4 is 0 Å². The van der Waals surface area contributed by atoms with E-state index < -0.39 is 5.92 Å². The first-order valence-electron chi connectivity index (χ1n) is 6.39. The lowest BCUT2D eigenvalue weighted by molar-refractivity contribution is -0.114. The number of hydrogen-bond donors (Lipinski definition) is 1. The molecule has 0 unspecified atom stereocenters. The van der Waals surface area contributed by atoms with E-state index in [1.807, 2.05) is 47.9 Å². The first-order valence-corrected chi connectivity index (χ1v) is 8.08. The minimum atomic E-state index is -0.508.